The number of halogens is 1. The molecule has 0 heterocycles. The summed E-state index contributed by atoms with van der Waals surface area (Å²) in [5.41, 5.74) is 3.00. The number of nitrogens with one attached hydrogen (secondary N) is 1. The summed E-state index contributed by atoms with van der Waals surface area (Å²) in [5, 5.41) is 2.96. The minimum absolute atomic E-state index is 0. The lowest BCUT2D eigenvalue weighted by Gasteiger charge is -2.11. The second kappa shape index (κ2) is 5.89. The highest BCUT2D eigenvalue weighted by Crippen LogP contribution is 2.12. The average molecular weight is 228 g/mol. The van der Waals surface area contributed by atoms with Gasteiger partial charge in [-0.3, -0.25) is 4.79 Å². The molecule has 0 saturated heterocycles. The Balaban J connectivity index is 0.00000196. The third kappa shape index (κ3) is 3.33. The van der Waals surface area contributed by atoms with E-state index in [1.54, 1.807) is 7.05 Å². The maximum atomic E-state index is 11.9. The summed E-state index contributed by atoms with van der Waals surface area (Å²) in [6.07, 6.45) is 0. The van der Waals surface area contributed by atoms with E-state index in [9.17, 15) is 4.79 Å². The van der Waals surface area contributed by atoms with Gasteiger partial charge in [0, 0.05) is 5.56 Å². The number of hydrogen-bond acceptors (Lipinski definition) is 2. The standard InChI is InChI=1S/C12H17NO.ClH/c1-8-5-6-9(2)11(7-8)12(14)10(3)13-4;/h5-7,10,13H,1-4H3;1H. The van der Waals surface area contributed by atoms with Crippen molar-refractivity contribution in [3.8, 4) is 0 Å². The van der Waals surface area contributed by atoms with Gasteiger partial charge in [0.15, 0.2) is 5.78 Å². The second-order valence-corrected chi connectivity index (χ2v) is 3.69. The molecule has 2 nitrogen and oxygen atoms in total. The van der Waals surface area contributed by atoms with E-state index in [-0.39, 0.29) is 24.2 Å². The van der Waals surface area contributed by atoms with Gasteiger partial charge in [0.1, 0.15) is 0 Å². The van der Waals surface area contributed by atoms with Crippen molar-refractivity contribution in [1.82, 2.24) is 5.32 Å². The summed E-state index contributed by atoms with van der Waals surface area (Å²) in [6.45, 7) is 5.85. The zero-order chi connectivity index (χ0) is 10.7. The first kappa shape index (κ1) is 14.1. The lowest BCUT2D eigenvalue weighted by atomic mass is 9.98. The molecule has 0 aromatic heterocycles. The Morgan fingerprint density at radius 3 is 2.47 bits per heavy atom. The first-order valence-corrected chi connectivity index (χ1v) is 4.85. The van der Waals surface area contributed by atoms with Crippen molar-refractivity contribution in [3.05, 3.63) is 34.9 Å². The fraction of sp³-hybridized carbons (Fsp3) is 0.417. The SMILES string of the molecule is CNC(C)C(=O)c1cc(C)ccc1C.Cl. The summed E-state index contributed by atoms with van der Waals surface area (Å²) in [7, 11) is 1.80. The highest BCUT2D eigenvalue weighted by atomic mass is 35.5. The number of benzene rings is 1. The minimum atomic E-state index is -0.115. The minimum Gasteiger partial charge on any atom is -0.310 e. The zero-order valence-corrected chi connectivity index (χ0v) is 10.4. The van der Waals surface area contributed by atoms with Crippen LogP contribution in [-0.4, -0.2) is 18.9 Å². The van der Waals surface area contributed by atoms with Gasteiger partial charge in [-0.2, -0.15) is 0 Å². The Morgan fingerprint density at radius 2 is 1.93 bits per heavy atom. The van der Waals surface area contributed by atoms with Gasteiger partial charge < -0.3 is 5.32 Å². The highest BCUT2D eigenvalue weighted by molar-refractivity contribution is 6.01. The summed E-state index contributed by atoms with van der Waals surface area (Å²) < 4.78 is 0. The van der Waals surface area contributed by atoms with E-state index in [0.717, 1.165) is 16.7 Å². The molecule has 15 heavy (non-hydrogen) atoms. The second-order valence-electron chi connectivity index (χ2n) is 3.69. The van der Waals surface area contributed by atoms with E-state index in [1.165, 1.54) is 0 Å². The van der Waals surface area contributed by atoms with E-state index in [2.05, 4.69) is 5.32 Å². The summed E-state index contributed by atoms with van der Waals surface area (Å²) in [6, 6.07) is 5.85. The molecule has 1 unspecified atom stereocenters. The molecule has 1 rings (SSSR count). The first-order valence-electron chi connectivity index (χ1n) is 4.85. The fourth-order valence-electron chi connectivity index (χ4n) is 1.37. The predicted molar refractivity (Wildman–Crippen MR) is 66.0 cm³/mol. The quantitative estimate of drug-likeness (QED) is 0.805. The predicted octanol–water partition coefficient (Wildman–Crippen LogP) is 2.52. The van der Waals surface area contributed by atoms with E-state index >= 15 is 0 Å². The number of likely N-dealkylation sites (N-methyl/N-ethyl adjacent to an activating group) is 1. The maximum absolute atomic E-state index is 11.9. The van der Waals surface area contributed by atoms with Gasteiger partial charge in [0.25, 0.3) is 0 Å². The van der Waals surface area contributed by atoms with Crippen LogP contribution in [-0.2, 0) is 0 Å². The molecule has 0 fully saturated rings. The molecule has 0 aliphatic carbocycles. The molecule has 0 amide bonds. The lowest BCUT2D eigenvalue weighted by Crippen LogP contribution is -2.31. The molecular weight excluding hydrogens is 210 g/mol. The van der Waals surface area contributed by atoms with Gasteiger partial charge in [-0.25, -0.2) is 0 Å². The highest BCUT2D eigenvalue weighted by Gasteiger charge is 2.14. The van der Waals surface area contributed by atoms with Crippen LogP contribution >= 0.6 is 12.4 Å². The van der Waals surface area contributed by atoms with Crippen molar-refractivity contribution in [1.29, 1.82) is 0 Å². The monoisotopic (exact) mass is 227 g/mol. The third-order valence-corrected chi connectivity index (χ3v) is 2.48. The van der Waals surface area contributed by atoms with Crippen LogP contribution in [0.15, 0.2) is 18.2 Å². The Hall–Kier alpha value is -0.860. The number of ketones is 1. The Bertz CT molecular complexity index is 349. The number of carbonyl (C=O) groups is 1. The number of aryl methyl sites for hydroxylation is 2. The molecule has 1 aromatic carbocycles. The molecule has 0 radical (unpaired) electrons. The average Bonchev–Trinajstić information content (AvgIpc) is 2.19. The molecule has 0 bridgehead atoms. The first-order chi connectivity index (χ1) is 6.56. The molecular formula is C12H18ClNO. The number of carbonyl (C=O) groups excluding carboxylic acids is 1. The maximum Gasteiger partial charge on any atom is 0.179 e. The molecule has 1 atom stereocenters. The number of hydrogen-bond donors (Lipinski definition) is 1. The van der Waals surface area contributed by atoms with Gasteiger partial charge in [-0.15, -0.1) is 12.4 Å². The van der Waals surface area contributed by atoms with Crippen molar-refractivity contribution in [2.45, 2.75) is 26.8 Å². The fourth-order valence-corrected chi connectivity index (χ4v) is 1.37. The molecule has 1 N–H and O–H groups in total. The molecule has 3 heteroatoms. The molecule has 1 aromatic rings. The van der Waals surface area contributed by atoms with E-state index in [0.29, 0.717) is 0 Å². The Morgan fingerprint density at radius 1 is 1.33 bits per heavy atom. The van der Waals surface area contributed by atoms with Gasteiger partial charge in [0.05, 0.1) is 6.04 Å². The molecule has 0 saturated carbocycles. The van der Waals surface area contributed by atoms with Crippen LogP contribution in [0.3, 0.4) is 0 Å². The molecule has 0 aliphatic rings. The van der Waals surface area contributed by atoms with Crippen molar-refractivity contribution >= 4 is 18.2 Å². The van der Waals surface area contributed by atoms with Crippen molar-refractivity contribution in [2.24, 2.45) is 0 Å². The van der Waals surface area contributed by atoms with Gasteiger partial charge >= 0.3 is 0 Å². The largest absolute Gasteiger partial charge is 0.310 e. The van der Waals surface area contributed by atoms with Crippen molar-refractivity contribution in [2.75, 3.05) is 7.05 Å². The zero-order valence-electron chi connectivity index (χ0n) is 9.63. The Kier molecular flexibility index (Phi) is 5.55. The Labute approximate surface area is 97.5 Å². The van der Waals surface area contributed by atoms with Crippen molar-refractivity contribution in [3.63, 3.8) is 0 Å². The summed E-state index contributed by atoms with van der Waals surface area (Å²) in [5.74, 6) is 0.161. The third-order valence-electron chi connectivity index (χ3n) is 2.48. The van der Waals surface area contributed by atoms with Crippen LogP contribution in [0.4, 0.5) is 0 Å². The van der Waals surface area contributed by atoms with E-state index < -0.39 is 0 Å². The number of rotatable bonds is 3. The summed E-state index contributed by atoms with van der Waals surface area (Å²) >= 11 is 0. The smallest absolute Gasteiger partial charge is 0.179 e. The van der Waals surface area contributed by atoms with E-state index in [4.69, 9.17) is 0 Å². The van der Waals surface area contributed by atoms with Crippen LogP contribution in [0.5, 0.6) is 0 Å². The lowest BCUT2D eigenvalue weighted by molar-refractivity contribution is 0.0954. The van der Waals surface area contributed by atoms with Gasteiger partial charge in [-0.1, -0.05) is 17.7 Å². The van der Waals surface area contributed by atoms with Crippen molar-refractivity contribution < 1.29 is 4.79 Å². The topological polar surface area (TPSA) is 29.1 Å². The molecule has 0 spiro atoms. The van der Waals surface area contributed by atoms with Crippen LogP contribution < -0.4 is 5.32 Å². The van der Waals surface area contributed by atoms with Crippen LogP contribution in [0, 0.1) is 13.8 Å². The molecule has 84 valence electrons. The van der Waals surface area contributed by atoms with Crippen LogP contribution in [0.25, 0.3) is 0 Å². The van der Waals surface area contributed by atoms with Gasteiger partial charge in [0.2, 0.25) is 0 Å². The molecule has 0 aliphatic heterocycles. The summed E-state index contributed by atoms with van der Waals surface area (Å²) in [4.78, 5) is 11.9. The van der Waals surface area contributed by atoms with E-state index in [1.807, 2.05) is 39.0 Å². The van der Waals surface area contributed by atoms with Crippen LogP contribution in [0.2, 0.25) is 0 Å². The normalized spacial score (nSPS) is 11.7. The number of Topliss-reactive ketones (excluding diaryl/α,β-unsaturated/α-hetero) is 1. The van der Waals surface area contributed by atoms with Crippen LogP contribution in [0.1, 0.15) is 28.4 Å². The van der Waals surface area contributed by atoms with Gasteiger partial charge in [-0.05, 0) is 39.4 Å².